The van der Waals surface area contributed by atoms with Crippen molar-refractivity contribution in [1.82, 2.24) is 5.32 Å². The highest BCUT2D eigenvalue weighted by molar-refractivity contribution is 7.82. The Labute approximate surface area is 80.4 Å². The molecule has 0 bridgehead atoms. The summed E-state index contributed by atoms with van der Waals surface area (Å²) < 4.78 is 0. The Balaban J connectivity index is 4.51. The summed E-state index contributed by atoms with van der Waals surface area (Å²) >= 11 is 3.74. The molecule has 0 saturated carbocycles. The van der Waals surface area contributed by atoms with E-state index in [2.05, 4.69) is 17.9 Å². The van der Waals surface area contributed by atoms with Gasteiger partial charge in [-0.2, -0.15) is 12.6 Å². The first-order valence-electron chi connectivity index (χ1n) is 3.40. The van der Waals surface area contributed by atoms with E-state index < -0.39 is 29.0 Å². The number of rotatable bonds is 4. The predicted molar refractivity (Wildman–Crippen MR) is 48.8 cm³/mol. The number of carbonyl (C=O) groups is 3. The van der Waals surface area contributed by atoms with Crippen LogP contribution >= 0.6 is 12.6 Å². The van der Waals surface area contributed by atoms with Crippen molar-refractivity contribution >= 4 is 30.4 Å². The molecule has 0 spiro atoms. The van der Waals surface area contributed by atoms with Gasteiger partial charge in [0.25, 0.3) is 0 Å². The van der Waals surface area contributed by atoms with Crippen molar-refractivity contribution in [2.75, 3.05) is 0 Å². The molecule has 3 amide bonds. The summed E-state index contributed by atoms with van der Waals surface area (Å²) in [6.07, 6.45) is 0. The lowest BCUT2D eigenvalue weighted by Crippen LogP contribution is -2.53. The third kappa shape index (κ3) is 3.79. The van der Waals surface area contributed by atoms with Crippen molar-refractivity contribution < 1.29 is 14.4 Å². The molecule has 13 heavy (non-hydrogen) atoms. The van der Waals surface area contributed by atoms with Gasteiger partial charge >= 0.3 is 0 Å². The second-order valence-corrected chi connectivity index (χ2v) is 2.98. The number of thiol groups is 1. The molecule has 0 radical (unpaired) electrons. The largest absolute Gasteiger partial charge is 0.369 e. The van der Waals surface area contributed by atoms with E-state index >= 15 is 0 Å². The normalized spacial score (nSPS) is 14.3. The van der Waals surface area contributed by atoms with E-state index in [1.165, 1.54) is 6.92 Å². The number of primary amides is 2. The zero-order chi connectivity index (χ0) is 10.6. The van der Waals surface area contributed by atoms with Crippen molar-refractivity contribution in [3.8, 4) is 0 Å². The molecule has 0 heterocycles. The number of hydrogen-bond acceptors (Lipinski definition) is 4. The van der Waals surface area contributed by atoms with Crippen molar-refractivity contribution in [2.45, 2.75) is 18.2 Å². The van der Waals surface area contributed by atoms with Gasteiger partial charge in [-0.05, 0) is 0 Å². The zero-order valence-corrected chi connectivity index (χ0v) is 7.88. The maximum atomic E-state index is 10.7. The maximum absolute atomic E-state index is 10.7. The van der Waals surface area contributed by atoms with Crippen molar-refractivity contribution in [3.63, 3.8) is 0 Å². The molecule has 6 nitrogen and oxygen atoms in total. The van der Waals surface area contributed by atoms with Crippen LogP contribution in [0, 0.1) is 0 Å². The fourth-order valence-corrected chi connectivity index (χ4v) is 0.910. The average molecular weight is 205 g/mol. The fraction of sp³-hybridized carbons (Fsp3) is 0.500. The van der Waals surface area contributed by atoms with Crippen LogP contribution in [0.2, 0.25) is 0 Å². The van der Waals surface area contributed by atoms with Crippen molar-refractivity contribution in [2.24, 2.45) is 11.5 Å². The topological polar surface area (TPSA) is 115 Å². The summed E-state index contributed by atoms with van der Waals surface area (Å²) in [5.74, 6) is -2.15. The molecule has 0 aromatic heterocycles. The molecule has 74 valence electrons. The molecule has 0 saturated heterocycles. The summed E-state index contributed by atoms with van der Waals surface area (Å²) in [7, 11) is 0. The van der Waals surface area contributed by atoms with Gasteiger partial charge in [0.15, 0.2) is 0 Å². The average Bonchev–Trinajstić information content (AvgIpc) is 1.97. The van der Waals surface area contributed by atoms with Crippen LogP contribution in [0.5, 0.6) is 0 Å². The predicted octanol–water partition coefficient (Wildman–Crippen LogP) is -2.24. The number of carbonyl (C=O) groups excluding carboxylic acids is 3. The van der Waals surface area contributed by atoms with Crippen LogP contribution in [0.25, 0.3) is 0 Å². The molecule has 0 aliphatic carbocycles. The minimum Gasteiger partial charge on any atom is -0.369 e. The molecule has 0 fully saturated rings. The molecular weight excluding hydrogens is 194 g/mol. The summed E-state index contributed by atoms with van der Waals surface area (Å²) in [6, 6.07) is -1.17. The van der Waals surface area contributed by atoms with Gasteiger partial charge in [-0.1, -0.05) is 0 Å². The van der Waals surface area contributed by atoms with E-state index in [0.717, 1.165) is 0 Å². The standard InChI is InChI=1S/C6H11N3O3S/c1-2(10)9-3(5(7)11)4(13)6(8)12/h3-4,13H,1H3,(H2,7,11)(H2,8,12)(H,9,10). The van der Waals surface area contributed by atoms with Gasteiger partial charge in [-0.3, -0.25) is 14.4 Å². The van der Waals surface area contributed by atoms with Crippen molar-refractivity contribution in [1.29, 1.82) is 0 Å². The molecule has 2 atom stereocenters. The zero-order valence-electron chi connectivity index (χ0n) is 6.98. The molecule has 0 aliphatic rings. The van der Waals surface area contributed by atoms with Crippen LogP contribution in [0.1, 0.15) is 6.92 Å². The summed E-state index contributed by atoms with van der Waals surface area (Å²) in [6.45, 7) is 1.19. The van der Waals surface area contributed by atoms with Gasteiger partial charge in [0.2, 0.25) is 17.7 Å². The molecule has 0 aromatic rings. The van der Waals surface area contributed by atoms with Gasteiger partial charge < -0.3 is 16.8 Å². The first-order valence-corrected chi connectivity index (χ1v) is 3.91. The van der Waals surface area contributed by atoms with Crippen molar-refractivity contribution in [3.05, 3.63) is 0 Å². The fourth-order valence-electron chi connectivity index (χ4n) is 0.689. The Morgan fingerprint density at radius 2 is 1.69 bits per heavy atom. The molecule has 0 rings (SSSR count). The first-order chi connectivity index (χ1) is 5.86. The van der Waals surface area contributed by atoms with Crippen LogP contribution in [-0.4, -0.2) is 29.0 Å². The summed E-state index contributed by atoms with van der Waals surface area (Å²) in [4.78, 5) is 31.9. The number of amides is 3. The minimum absolute atomic E-state index is 0.482. The van der Waals surface area contributed by atoms with Crippen LogP contribution in [0.3, 0.4) is 0 Å². The van der Waals surface area contributed by atoms with E-state index in [1.54, 1.807) is 0 Å². The Hall–Kier alpha value is -1.24. The van der Waals surface area contributed by atoms with Crippen LogP contribution < -0.4 is 16.8 Å². The van der Waals surface area contributed by atoms with Crippen LogP contribution in [-0.2, 0) is 14.4 Å². The molecular formula is C6H11N3O3S. The Kier molecular flexibility index (Phi) is 4.26. The summed E-state index contributed by atoms with van der Waals surface area (Å²) in [5.41, 5.74) is 9.79. The van der Waals surface area contributed by atoms with Crippen LogP contribution in [0.4, 0.5) is 0 Å². The van der Waals surface area contributed by atoms with Gasteiger partial charge in [0.1, 0.15) is 11.3 Å². The van der Waals surface area contributed by atoms with E-state index in [1.807, 2.05) is 0 Å². The monoisotopic (exact) mass is 205 g/mol. The van der Waals surface area contributed by atoms with E-state index in [0.29, 0.717) is 0 Å². The van der Waals surface area contributed by atoms with Gasteiger partial charge in [0, 0.05) is 6.92 Å². The van der Waals surface area contributed by atoms with E-state index in [9.17, 15) is 14.4 Å². The molecule has 0 aromatic carbocycles. The second kappa shape index (κ2) is 4.70. The molecule has 0 aliphatic heterocycles. The Morgan fingerprint density at radius 3 is 1.92 bits per heavy atom. The highest BCUT2D eigenvalue weighted by Gasteiger charge is 2.28. The number of hydrogen-bond donors (Lipinski definition) is 4. The lowest BCUT2D eigenvalue weighted by Gasteiger charge is -2.17. The second-order valence-electron chi connectivity index (χ2n) is 2.43. The van der Waals surface area contributed by atoms with Gasteiger partial charge in [0.05, 0.1) is 0 Å². The lowest BCUT2D eigenvalue weighted by molar-refractivity contribution is -0.128. The third-order valence-electron chi connectivity index (χ3n) is 1.27. The van der Waals surface area contributed by atoms with Gasteiger partial charge in [-0.25, -0.2) is 0 Å². The highest BCUT2D eigenvalue weighted by Crippen LogP contribution is 2.01. The van der Waals surface area contributed by atoms with E-state index in [4.69, 9.17) is 11.5 Å². The quantitative estimate of drug-likeness (QED) is 0.389. The van der Waals surface area contributed by atoms with E-state index in [-0.39, 0.29) is 0 Å². The summed E-state index contributed by atoms with van der Waals surface area (Å²) in [5, 5.41) is 1.06. The van der Waals surface area contributed by atoms with Crippen LogP contribution in [0.15, 0.2) is 0 Å². The first kappa shape index (κ1) is 11.8. The maximum Gasteiger partial charge on any atom is 0.241 e. The molecule has 7 heteroatoms. The highest BCUT2D eigenvalue weighted by atomic mass is 32.1. The van der Waals surface area contributed by atoms with Gasteiger partial charge in [-0.15, -0.1) is 0 Å². The Morgan fingerprint density at radius 1 is 1.23 bits per heavy atom. The SMILES string of the molecule is CC(=O)NC(C(N)=O)C(S)C(N)=O. The minimum atomic E-state index is -1.17. The Bertz CT molecular complexity index is 243. The number of nitrogens with one attached hydrogen (secondary N) is 1. The lowest BCUT2D eigenvalue weighted by atomic mass is 10.2. The molecule has 2 unspecified atom stereocenters. The molecule has 5 N–H and O–H groups in total. The number of nitrogens with two attached hydrogens (primary N) is 2. The third-order valence-corrected chi connectivity index (χ3v) is 1.83. The smallest absolute Gasteiger partial charge is 0.241 e.